The SMILES string of the molecule is CC1CN(S(=O)(=O)c2c(N)cccc2Cl)CCN1C. The van der Waals surface area contributed by atoms with Gasteiger partial charge in [0.25, 0.3) is 0 Å². The van der Waals surface area contributed by atoms with Crippen molar-refractivity contribution in [3.63, 3.8) is 0 Å². The monoisotopic (exact) mass is 303 g/mol. The molecule has 1 heterocycles. The van der Waals surface area contributed by atoms with Crippen LogP contribution < -0.4 is 5.73 Å². The molecule has 0 aliphatic carbocycles. The fraction of sp³-hybridized carbons (Fsp3) is 0.500. The van der Waals surface area contributed by atoms with Crippen LogP contribution in [0.4, 0.5) is 5.69 Å². The second kappa shape index (κ2) is 5.28. The van der Waals surface area contributed by atoms with E-state index in [9.17, 15) is 8.42 Å². The molecular formula is C12H18ClN3O2S. The number of rotatable bonds is 2. The van der Waals surface area contributed by atoms with Crippen LogP contribution in [-0.4, -0.2) is 50.3 Å². The Labute approximate surface area is 119 Å². The summed E-state index contributed by atoms with van der Waals surface area (Å²) in [6, 6.07) is 4.92. The molecule has 1 saturated heterocycles. The summed E-state index contributed by atoms with van der Waals surface area (Å²) in [7, 11) is -1.65. The zero-order chi connectivity index (χ0) is 14.2. The van der Waals surface area contributed by atoms with Gasteiger partial charge in [-0.15, -0.1) is 0 Å². The van der Waals surface area contributed by atoms with Crippen molar-refractivity contribution in [2.45, 2.75) is 17.9 Å². The molecule has 2 rings (SSSR count). The summed E-state index contributed by atoms with van der Waals surface area (Å²) in [5, 5.41) is 0.173. The topological polar surface area (TPSA) is 66.6 Å². The van der Waals surface area contributed by atoms with Crippen molar-refractivity contribution in [1.82, 2.24) is 9.21 Å². The lowest BCUT2D eigenvalue weighted by Gasteiger charge is -2.37. The Hall–Kier alpha value is -0.820. The minimum Gasteiger partial charge on any atom is -0.398 e. The minimum atomic E-state index is -3.63. The highest BCUT2D eigenvalue weighted by Gasteiger charge is 2.33. The average Bonchev–Trinajstić information content (AvgIpc) is 2.32. The van der Waals surface area contributed by atoms with E-state index in [0.717, 1.165) is 0 Å². The molecule has 19 heavy (non-hydrogen) atoms. The third-order valence-corrected chi connectivity index (χ3v) is 5.93. The molecule has 1 aliphatic heterocycles. The van der Waals surface area contributed by atoms with Gasteiger partial charge in [0.2, 0.25) is 10.0 Å². The van der Waals surface area contributed by atoms with E-state index in [-0.39, 0.29) is 21.6 Å². The van der Waals surface area contributed by atoms with Gasteiger partial charge in [-0.1, -0.05) is 17.7 Å². The number of nitrogens with two attached hydrogens (primary N) is 1. The molecule has 106 valence electrons. The van der Waals surface area contributed by atoms with E-state index in [2.05, 4.69) is 4.90 Å². The number of anilines is 1. The van der Waals surface area contributed by atoms with Crippen molar-refractivity contribution in [2.75, 3.05) is 32.4 Å². The lowest BCUT2D eigenvalue weighted by Crippen LogP contribution is -2.51. The number of likely N-dealkylation sites (N-methyl/N-ethyl adjacent to an activating group) is 1. The first-order valence-electron chi connectivity index (χ1n) is 6.08. The minimum absolute atomic E-state index is 0.0217. The van der Waals surface area contributed by atoms with Crippen LogP contribution in [0.15, 0.2) is 23.1 Å². The van der Waals surface area contributed by atoms with E-state index in [1.54, 1.807) is 18.2 Å². The molecule has 2 N–H and O–H groups in total. The third-order valence-electron chi connectivity index (χ3n) is 3.52. The maximum Gasteiger partial charge on any atom is 0.246 e. The van der Waals surface area contributed by atoms with Crippen molar-refractivity contribution >= 4 is 27.3 Å². The number of hydrogen-bond donors (Lipinski definition) is 1. The number of nitrogens with zero attached hydrogens (tertiary/aromatic N) is 2. The molecule has 0 saturated carbocycles. The van der Waals surface area contributed by atoms with Crippen LogP contribution in [-0.2, 0) is 10.0 Å². The number of piperazine rings is 1. The first kappa shape index (κ1) is 14.6. The fourth-order valence-electron chi connectivity index (χ4n) is 2.16. The number of hydrogen-bond acceptors (Lipinski definition) is 4. The molecule has 5 nitrogen and oxygen atoms in total. The summed E-state index contributed by atoms with van der Waals surface area (Å²) < 4.78 is 26.7. The van der Waals surface area contributed by atoms with E-state index in [1.807, 2.05) is 14.0 Å². The number of sulfonamides is 1. The largest absolute Gasteiger partial charge is 0.398 e. The van der Waals surface area contributed by atoms with Gasteiger partial charge in [-0.05, 0) is 26.1 Å². The molecule has 1 unspecified atom stereocenters. The van der Waals surface area contributed by atoms with Crippen LogP contribution in [0.5, 0.6) is 0 Å². The van der Waals surface area contributed by atoms with Gasteiger partial charge in [-0.25, -0.2) is 8.42 Å². The molecule has 1 aromatic carbocycles. The summed E-state index contributed by atoms with van der Waals surface area (Å²) in [4.78, 5) is 2.15. The molecule has 0 bridgehead atoms. The van der Waals surface area contributed by atoms with Gasteiger partial charge >= 0.3 is 0 Å². The van der Waals surface area contributed by atoms with E-state index >= 15 is 0 Å². The summed E-state index contributed by atoms with van der Waals surface area (Å²) in [6.07, 6.45) is 0. The van der Waals surface area contributed by atoms with E-state index < -0.39 is 10.0 Å². The van der Waals surface area contributed by atoms with Crippen LogP contribution in [0.3, 0.4) is 0 Å². The zero-order valence-corrected chi connectivity index (χ0v) is 12.6. The Kier molecular flexibility index (Phi) is 4.06. The number of halogens is 1. The quantitative estimate of drug-likeness (QED) is 0.835. The van der Waals surface area contributed by atoms with Crippen LogP contribution in [0.2, 0.25) is 5.02 Å². The van der Waals surface area contributed by atoms with Crippen LogP contribution >= 0.6 is 11.6 Å². The summed E-state index contributed by atoms with van der Waals surface area (Å²) in [5.41, 5.74) is 5.97. The lowest BCUT2D eigenvalue weighted by atomic mass is 10.2. The van der Waals surface area contributed by atoms with Crippen molar-refractivity contribution in [3.05, 3.63) is 23.2 Å². The van der Waals surface area contributed by atoms with Crippen LogP contribution in [0, 0.1) is 0 Å². The molecular weight excluding hydrogens is 286 g/mol. The van der Waals surface area contributed by atoms with Crippen molar-refractivity contribution in [3.8, 4) is 0 Å². The standard InChI is InChI=1S/C12H18ClN3O2S/c1-9-8-16(7-6-15(9)2)19(17,18)12-10(13)4-3-5-11(12)14/h3-5,9H,6-8,14H2,1-2H3. The fourth-order valence-corrected chi connectivity index (χ4v) is 4.31. The predicted octanol–water partition coefficient (Wildman–Crippen LogP) is 1.25. The summed E-state index contributed by atoms with van der Waals surface area (Å²) >= 11 is 6.00. The Morgan fingerprint density at radius 3 is 2.63 bits per heavy atom. The van der Waals surface area contributed by atoms with Gasteiger partial charge in [-0.3, -0.25) is 0 Å². The molecule has 0 radical (unpaired) electrons. The Morgan fingerprint density at radius 2 is 2.05 bits per heavy atom. The predicted molar refractivity (Wildman–Crippen MR) is 76.7 cm³/mol. The van der Waals surface area contributed by atoms with E-state index in [0.29, 0.717) is 19.6 Å². The molecule has 0 spiro atoms. The average molecular weight is 304 g/mol. The lowest BCUT2D eigenvalue weighted by molar-refractivity contribution is 0.159. The maximum atomic E-state index is 12.6. The molecule has 1 atom stereocenters. The molecule has 7 heteroatoms. The normalized spacial score (nSPS) is 22.6. The second-order valence-electron chi connectivity index (χ2n) is 4.85. The first-order valence-corrected chi connectivity index (χ1v) is 7.90. The van der Waals surface area contributed by atoms with E-state index in [1.165, 1.54) is 4.31 Å². The highest BCUT2D eigenvalue weighted by Crippen LogP contribution is 2.30. The van der Waals surface area contributed by atoms with Gasteiger partial charge in [0.05, 0.1) is 10.7 Å². The summed E-state index contributed by atoms with van der Waals surface area (Å²) in [6.45, 7) is 3.60. The molecule has 1 aliphatic rings. The molecule has 1 aromatic rings. The van der Waals surface area contributed by atoms with E-state index in [4.69, 9.17) is 17.3 Å². The van der Waals surface area contributed by atoms with Crippen molar-refractivity contribution < 1.29 is 8.42 Å². The molecule has 0 aromatic heterocycles. The zero-order valence-electron chi connectivity index (χ0n) is 11.0. The van der Waals surface area contributed by atoms with Gasteiger partial charge in [0.15, 0.2) is 0 Å². The number of benzene rings is 1. The van der Waals surface area contributed by atoms with Crippen LogP contribution in [0.1, 0.15) is 6.92 Å². The Morgan fingerprint density at radius 1 is 1.37 bits per heavy atom. The van der Waals surface area contributed by atoms with Crippen molar-refractivity contribution in [2.24, 2.45) is 0 Å². The van der Waals surface area contributed by atoms with Crippen LogP contribution in [0.25, 0.3) is 0 Å². The maximum absolute atomic E-state index is 12.6. The van der Waals surface area contributed by atoms with Gasteiger partial charge in [-0.2, -0.15) is 4.31 Å². The Bertz CT molecular complexity index is 556. The highest BCUT2D eigenvalue weighted by molar-refractivity contribution is 7.89. The number of nitrogen functional groups attached to an aromatic ring is 1. The second-order valence-corrected chi connectivity index (χ2v) is 7.13. The third kappa shape index (κ3) is 2.72. The smallest absolute Gasteiger partial charge is 0.246 e. The van der Waals surface area contributed by atoms with Gasteiger partial charge < -0.3 is 10.6 Å². The summed E-state index contributed by atoms with van der Waals surface area (Å²) in [5.74, 6) is 0. The highest BCUT2D eigenvalue weighted by atomic mass is 35.5. The Balaban J connectivity index is 2.38. The molecule has 1 fully saturated rings. The van der Waals surface area contributed by atoms with Gasteiger partial charge in [0, 0.05) is 25.7 Å². The van der Waals surface area contributed by atoms with Gasteiger partial charge in [0.1, 0.15) is 4.90 Å². The first-order chi connectivity index (χ1) is 8.84. The van der Waals surface area contributed by atoms with Crippen molar-refractivity contribution in [1.29, 1.82) is 0 Å². The molecule has 0 amide bonds.